The quantitative estimate of drug-likeness (QED) is 0.0375. The van der Waals surface area contributed by atoms with E-state index in [-0.39, 0.29) is 6.61 Å². The number of unbranched alkanes of at least 4 members (excludes halogenated alkanes) is 28. The third kappa shape index (κ3) is 36.7. The molecule has 0 radical (unpaired) electrons. The summed E-state index contributed by atoms with van der Waals surface area (Å²) >= 11 is 0. The number of allylic oxidation sites excluding steroid dienone is 5. The molecule has 1 amide bonds. The topological polar surface area (TPSA) is 89.8 Å². The number of nitrogens with one attached hydrogen (secondary N) is 1. The minimum absolute atomic E-state index is 0.379. The second-order valence-electron chi connectivity index (χ2n) is 15.2. The van der Waals surface area contributed by atoms with Gasteiger partial charge >= 0.3 is 0 Å². The van der Waals surface area contributed by atoms with Crippen LogP contribution in [0.1, 0.15) is 226 Å². The van der Waals surface area contributed by atoms with Gasteiger partial charge in [-0.15, -0.1) is 0 Å². The molecule has 0 aromatic rings. The molecular formula is C46H87NO4. The SMILES string of the molecule is CCCCCCCCCCC/C=C/CC/C=C/CC/C=C/C(O)C(CO)NC(=O)C(O)CCCCCCCCCCCCCCCCCCCC. The highest BCUT2D eigenvalue weighted by molar-refractivity contribution is 5.80. The van der Waals surface area contributed by atoms with Crippen molar-refractivity contribution in [2.75, 3.05) is 6.61 Å². The number of aliphatic hydroxyl groups excluding tert-OH is 3. The van der Waals surface area contributed by atoms with Gasteiger partial charge in [0.25, 0.3) is 0 Å². The lowest BCUT2D eigenvalue weighted by Gasteiger charge is -2.21. The second kappa shape index (κ2) is 41.3. The molecule has 3 unspecified atom stereocenters. The molecule has 5 nitrogen and oxygen atoms in total. The maximum atomic E-state index is 12.5. The molecule has 0 aromatic heterocycles. The van der Waals surface area contributed by atoms with Gasteiger partial charge < -0.3 is 20.6 Å². The van der Waals surface area contributed by atoms with Crippen LogP contribution in [0.15, 0.2) is 36.5 Å². The fourth-order valence-corrected chi connectivity index (χ4v) is 6.69. The van der Waals surface area contributed by atoms with Crippen molar-refractivity contribution in [3.05, 3.63) is 36.5 Å². The highest BCUT2D eigenvalue weighted by atomic mass is 16.3. The first-order valence-corrected chi connectivity index (χ1v) is 22.3. The molecule has 0 aliphatic carbocycles. The standard InChI is InChI=1S/C46H87NO4/c1-3-5-7-9-11-13-15-17-19-21-23-25-26-28-30-32-34-36-38-40-44(49)43(42-48)47-46(51)45(50)41-39-37-35-33-31-29-27-24-22-20-18-16-14-12-10-8-6-4-2/h23,25,30,32,38,40,43-45,48-50H,3-22,24,26-29,31,33-37,39,41-42H2,1-2H3,(H,47,51)/b25-23+,32-30+,40-38+. The van der Waals surface area contributed by atoms with Crippen LogP contribution < -0.4 is 5.32 Å². The largest absolute Gasteiger partial charge is 0.394 e. The molecule has 300 valence electrons. The number of amides is 1. The number of hydrogen-bond donors (Lipinski definition) is 4. The minimum atomic E-state index is -1.11. The minimum Gasteiger partial charge on any atom is -0.394 e. The van der Waals surface area contributed by atoms with E-state index in [1.807, 2.05) is 6.08 Å². The van der Waals surface area contributed by atoms with E-state index in [1.54, 1.807) is 6.08 Å². The average molecular weight is 718 g/mol. The third-order valence-corrected chi connectivity index (χ3v) is 10.2. The molecule has 0 aliphatic rings. The summed E-state index contributed by atoms with van der Waals surface area (Å²) in [6.45, 7) is 4.17. The lowest BCUT2D eigenvalue weighted by Crippen LogP contribution is -2.48. The molecule has 0 aromatic carbocycles. The average Bonchev–Trinajstić information content (AvgIpc) is 3.13. The number of carbonyl (C=O) groups excluding carboxylic acids is 1. The van der Waals surface area contributed by atoms with Gasteiger partial charge in [0.1, 0.15) is 6.10 Å². The van der Waals surface area contributed by atoms with E-state index in [9.17, 15) is 20.1 Å². The Bertz CT molecular complexity index is 794. The van der Waals surface area contributed by atoms with Crippen LogP contribution in [0.5, 0.6) is 0 Å². The molecule has 0 spiro atoms. The molecule has 3 atom stereocenters. The smallest absolute Gasteiger partial charge is 0.249 e. The maximum absolute atomic E-state index is 12.5. The fourth-order valence-electron chi connectivity index (χ4n) is 6.69. The number of rotatable bonds is 40. The Kier molecular flexibility index (Phi) is 40.2. The molecule has 0 rings (SSSR count). The van der Waals surface area contributed by atoms with Crippen LogP contribution in [0.4, 0.5) is 0 Å². The lowest BCUT2D eigenvalue weighted by molar-refractivity contribution is -0.131. The van der Waals surface area contributed by atoms with Crippen LogP contribution in [0.2, 0.25) is 0 Å². The molecule has 0 aliphatic heterocycles. The number of hydrogen-bond acceptors (Lipinski definition) is 4. The molecule has 51 heavy (non-hydrogen) atoms. The van der Waals surface area contributed by atoms with E-state index >= 15 is 0 Å². The van der Waals surface area contributed by atoms with Crippen LogP contribution in [0.25, 0.3) is 0 Å². The monoisotopic (exact) mass is 718 g/mol. The highest BCUT2D eigenvalue weighted by Gasteiger charge is 2.22. The molecule has 0 heterocycles. The predicted octanol–water partition coefficient (Wildman–Crippen LogP) is 12.8. The van der Waals surface area contributed by atoms with Gasteiger partial charge in [-0.25, -0.2) is 0 Å². The van der Waals surface area contributed by atoms with Crippen molar-refractivity contribution in [3.8, 4) is 0 Å². The normalized spacial score (nSPS) is 13.9. The van der Waals surface area contributed by atoms with Crippen molar-refractivity contribution in [1.82, 2.24) is 5.32 Å². The fraction of sp³-hybridized carbons (Fsp3) is 0.848. The lowest BCUT2D eigenvalue weighted by atomic mass is 10.0. The van der Waals surface area contributed by atoms with Crippen molar-refractivity contribution in [1.29, 1.82) is 0 Å². The summed E-state index contributed by atoms with van der Waals surface area (Å²) in [6, 6.07) is -0.818. The summed E-state index contributed by atoms with van der Waals surface area (Å²) in [4.78, 5) is 12.5. The van der Waals surface area contributed by atoms with Crippen molar-refractivity contribution >= 4 is 5.91 Å². The van der Waals surface area contributed by atoms with E-state index < -0.39 is 24.2 Å². The van der Waals surface area contributed by atoms with Crippen molar-refractivity contribution in [3.63, 3.8) is 0 Å². The first kappa shape index (κ1) is 49.6. The van der Waals surface area contributed by atoms with Gasteiger partial charge in [0.2, 0.25) is 5.91 Å². The first-order valence-electron chi connectivity index (χ1n) is 22.3. The molecule has 5 heteroatoms. The Balaban J connectivity index is 3.73. The Morgan fingerprint density at radius 2 is 0.804 bits per heavy atom. The summed E-state index contributed by atoms with van der Waals surface area (Å²) in [5, 5.41) is 33.1. The van der Waals surface area contributed by atoms with E-state index in [2.05, 4.69) is 43.5 Å². The van der Waals surface area contributed by atoms with E-state index in [1.165, 1.54) is 161 Å². The van der Waals surface area contributed by atoms with Crippen LogP contribution >= 0.6 is 0 Å². The summed E-state index contributed by atoms with van der Waals surface area (Å²) < 4.78 is 0. The Hall–Kier alpha value is -1.43. The van der Waals surface area contributed by atoms with Gasteiger partial charge in [-0.2, -0.15) is 0 Å². The van der Waals surface area contributed by atoms with E-state index in [4.69, 9.17) is 0 Å². The van der Waals surface area contributed by atoms with Gasteiger partial charge in [-0.1, -0.05) is 217 Å². The molecule has 0 fully saturated rings. The van der Waals surface area contributed by atoms with Gasteiger partial charge in [-0.3, -0.25) is 4.79 Å². The van der Waals surface area contributed by atoms with Gasteiger partial charge in [0, 0.05) is 0 Å². The first-order chi connectivity index (χ1) is 25.1. The summed E-state index contributed by atoms with van der Waals surface area (Å²) in [7, 11) is 0. The van der Waals surface area contributed by atoms with Crippen LogP contribution in [-0.2, 0) is 4.79 Å². The van der Waals surface area contributed by atoms with Gasteiger partial charge in [0.05, 0.1) is 18.8 Å². The summed E-state index contributed by atoms with van der Waals surface area (Å²) in [6.07, 6.45) is 51.8. The van der Waals surface area contributed by atoms with Crippen molar-refractivity contribution in [2.45, 2.75) is 244 Å². The van der Waals surface area contributed by atoms with Crippen LogP contribution in [0, 0.1) is 0 Å². The highest BCUT2D eigenvalue weighted by Crippen LogP contribution is 2.15. The maximum Gasteiger partial charge on any atom is 0.249 e. The van der Waals surface area contributed by atoms with Crippen molar-refractivity contribution in [2.24, 2.45) is 0 Å². The van der Waals surface area contributed by atoms with Crippen LogP contribution in [-0.4, -0.2) is 46.1 Å². The van der Waals surface area contributed by atoms with Gasteiger partial charge in [-0.05, 0) is 44.9 Å². The Labute approximate surface area is 317 Å². The third-order valence-electron chi connectivity index (χ3n) is 10.2. The molecular weight excluding hydrogens is 631 g/mol. The van der Waals surface area contributed by atoms with E-state index in [0.717, 1.165) is 44.9 Å². The summed E-state index contributed by atoms with van der Waals surface area (Å²) in [5.74, 6) is -0.515. The van der Waals surface area contributed by atoms with Crippen molar-refractivity contribution < 1.29 is 20.1 Å². The number of carbonyl (C=O) groups is 1. The zero-order chi connectivity index (χ0) is 37.3. The number of aliphatic hydroxyl groups is 3. The predicted molar refractivity (Wildman–Crippen MR) is 222 cm³/mol. The Morgan fingerprint density at radius 1 is 0.471 bits per heavy atom. The van der Waals surface area contributed by atoms with Crippen LogP contribution in [0.3, 0.4) is 0 Å². The Morgan fingerprint density at radius 3 is 1.20 bits per heavy atom. The summed E-state index contributed by atoms with van der Waals surface area (Å²) in [5.41, 5.74) is 0. The molecule has 0 saturated heterocycles. The van der Waals surface area contributed by atoms with E-state index in [0.29, 0.717) is 6.42 Å². The second-order valence-corrected chi connectivity index (χ2v) is 15.2. The zero-order valence-corrected chi connectivity index (χ0v) is 34.0. The molecule has 0 saturated carbocycles. The molecule has 0 bridgehead atoms. The van der Waals surface area contributed by atoms with Gasteiger partial charge in [0.15, 0.2) is 0 Å². The molecule has 4 N–H and O–H groups in total. The zero-order valence-electron chi connectivity index (χ0n) is 34.0.